The maximum Gasteiger partial charge on any atom is 0.283 e. The van der Waals surface area contributed by atoms with Gasteiger partial charge in [0.1, 0.15) is 4.88 Å². The number of anilines is 1. The highest BCUT2D eigenvalue weighted by atomic mass is 32.1. The lowest BCUT2D eigenvalue weighted by atomic mass is 10.2. The number of thiazole rings is 1. The number of nitrogens with two attached hydrogens (primary N) is 1. The molecule has 0 fully saturated rings. The molecule has 3 N–H and O–H groups in total. The van der Waals surface area contributed by atoms with Crippen LogP contribution in [0.3, 0.4) is 0 Å². The summed E-state index contributed by atoms with van der Waals surface area (Å²) < 4.78 is 11.4. The Morgan fingerprint density at radius 2 is 2.15 bits per heavy atom. The van der Waals surface area contributed by atoms with E-state index in [0.717, 1.165) is 29.7 Å². The summed E-state index contributed by atoms with van der Waals surface area (Å²) in [7, 11) is 0. The molecule has 1 amide bonds. The minimum Gasteiger partial charge on any atom is -0.490 e. The van der Waals surface area contributed by atoms with Gasteiger partial charge in [-0.3, -0.25) is 4.79 Å². The molecular formula is C18H24N4O3S. The van der Waals surface area contributed by atoms with Crippen molar-refractivity contribution < 1.29 is 14.3 Å². The van der Waals surface area contributed by atoms with Gasteiger partial charge in [-0.2, -0.15) is 5.10 Å². The fraction of sp³-hybridized carbons (Fsp3) is 0.389. The average Bonchev–Trinajstić information content (AvgIpc) is 2.95. The van der Waals surface area contributed by atoms with Crippen molar-refractivity contribution in [2.45, 2.75) is 33.6 Å². The first kappa shape index (κ1) is 19.7. The number of rotatable bonds is 9. The molecule has 2 aromatic rings. The third kappa shape index (κ3) is 5.45. The lowest BCUT2D eigenvalue weighted by Crippen LogP contribution is -2.17. The van der Waals surface area contributed by atoms with Crippen molar-refractivity contribution in [2.75, 3.05) is 18.9 Å². The van der Waals surface area contributed by atoms with E-state index in [2.05, 4.69) is 22.4 Å². The minimum atomic E-state index is -0.336. The van der Waals surface area contributed by atoms with E-state index in [1.54, 1.807) is 13.1 Å². The Bertz CT molecular complexity index is 774. The lowest BCUT2D eigenvalue weighted by Gasteiger charge is -2.12. The summed E-state index contributed by atoms with van der Waals surface area (Å²) in [5.41, 5.74) is 9.47. The van der Waals surface area contributed by atoms with Gasteiger partial charge in [-0.15, -0.1) is 0 Å². The molecule has 0 saturated carbocycles. The number of aryl methyl sites for hydroxylation is 1. The molecule has 2 rings (SSSR count). The van der Waals surface area contributed by atoms with Gasteiger partial charge < -0.3 is 15.2 Å². The van der Waals surface area contributed by atoms with Crippen LogP contribution in [-0.4, -0.2) is 30.3 Å². The number of hydrogen-bond acceptors (Lipinski definition) is 7. The minimum absolute atomic E-state index is 0.336. The number of hydrogen-bond donors (Lipinski definition) is 2. The van der Waals surface area contributed by atoms with E-state index in [9.17, 15) is 4.79 Å². The standard InChI is InChI=1S/C18H24N4O3S/c1-4-6-9-25-14-8-7-13(10-15(14)24-5-2)11-20-22-17(23)16-12(3)21-18(19)26-16/h7-8,10-11H,4-6,9H2,1-3H3,(H2,19,21)(H,22,23)/b20-11-. The molecule has 0 unspecified atom stereocenters. The number of amides is 1. The molecule has 1 heterocycles. The van der Waals surface area contributed by atoms with Crippen LogP contribution in [0.5, 0.6) is 11.5 Å². The van der Waals surface area contributed by atoms with Crippen LogP contribution in [0.4, 0.5) is 5.13 Å². The topological polar surface area (TPSA) is 98.8 Å². The number of ether oxygens (including phenoxy) is 2. The van der Waals surface area contributed by atoms with Crippen LogP contribution in [-0.2, 0) is 0 Å². The van der Waals surface area contributed by atoms with E-state index in [1.807, 2.05) is 25.1 Å². The second kappa shape index (κ2) is 9.76. The molecular weight excluding hydrogens is 352 g/mol. The number of nitrogens with one attached hydrogen (secondary N) is 1. The van der Waals surface area contributed by atoms with Gasteiger partial charge in [0, 0.05) is 0 Å². The predicted molar refractivity (Wildman–Crippen MR) is 104 cm³/mol. The van der Waals surface area contributed by atoms with Crippen molar-refractivity contribution in [3.63, 3.8) is 0 Å². The third-order valence-corrected chi connectivity index (χ3v) is 4.41. The Kier molecular flexibility index (Phi) is 7.40. The molecule has 1 aromatic carbocycles. The van der Waals surface area contributed by atoms with Crippen LogP contribution in [0.2, 0.25) is 0 Å². The Morgan fingerprint density at radius 1 is 1.35 bits per heavy atom. The van der Waals surface area contributed by atoms with Crippen molar-refractivity contribution >= 4 is 28.6 Å². The number of unbranched alkanes of at least 4 members (excludes halogenated alkanes) is 1. The monoisotopic (exact) mass is 376 g/mol. The number of benzene rings is 1. The molecule has 0 spiro atoms. The summed E-state index contributed by atoms with van der Waals surface area (Å²) in [5.74, 6) is 1.03. The number of aromatic nitrogens is 1. The Hall–Kier alpha value is -2.61. The van der Waals surface area contributed by atoms with Crippen LogP contribution in [0.1, 0.15) is 47.6 Å². The van der Waals surface area contributed by atoms with E-state index in [-0.39, 0.29) is 5.91 Å². The normalized spacial score (nSPS) is 10.9. The molecule has 0 saturated heterocycles. The highest BCUT2D eigenvalue weighted by molar-refractivity contribution is 7.17. The number of nitrogens with zero attached hydrogens (tertiary/aromatic N) is 2. The highest BCUT2D eigenvalue weighted by Gasteiger charge is 2.13. The first-order valence-corrected chi connectivity index (χ1v) is 9.32. The van der Waals surface area contributed by atoms with Crippen LogP contribution in [0.15, 0.2) is 23.3 Å². The van der Waals surface area contributed by atoms with Gasteiger partial charge in [0.25, 0.3) is 5.91 Å². The Balaban J connectivity index is 2.03. The van der Waals surface area contributed by atoms with Crippen molar-refractivity contribution in [3.05, 3.63) is 34.3 Å². The summed E-state index contributed by atoms with van der Waals surface area (Å²) in [6.07, 6.45) is 3.61. The van der Waals surface area contributed by atoms with Gasteiger partial charge >= 0.3 is 0 Å². The van der Waals surface area contributed by atoms with Gasteiger partial charge in [-0.1, -0.05) is 24.7 Å². The number of carbonyl (C=O) groups is 1. The zero-order valence-electron chi connectivity index (χ0n) is 15.2. The van der Waals surface area contributed by atoms with Crippen LogP contribution in [0.25, 0.3) is 0 Å². The van der Waals surface area contributed by atoms with Crippen molar-refractivity contribution in [2.24, 2.45) is 5.10 Å². The van der Waals surface area contributed by atoms with E-state index in [0.29, 0.717) is 40.4 Å². The SMILES string of the molecule is CCCCOc1ccc(/C=N\NC(=O)c2sc(N)nc2C)cc1OCC. The van der Waals surface area contributed by atoms with E-state index < -0.39 is 0 Å². The number of nitrogen functional groups attached to an aromatic ring is 1. The highest BCUT2D eigenvalue weighted by Crippen LogP contribution is 2.28. The quantitative estimate of drug-likeness (QED) is 0.397. The molecule has 8 heteroatoms. The zero-order chi connectivity index (χ0) is 18.9. The second-order valence-corrected chi connectivity index (χ2v) is 6.54. The van der Waals surface area contributed by atoms with Crippen LogP contribution >= 0.6 is 11.3 Å². The molecule has 7 nitrogen and oxygen atoms in total. The molecule has 0 atom stereocenters. The maximum atomic E-state index is 12.1. The largest absolute Gasteiger partial charge is 0.490 e. The first-order chi connectivity index (χ1) is 12.5. The molecule has 0 aliphatic heterocycles. The fourth-order valence-corrected chi connectivity index (χ4v) is 2.89. The van der Waals surface area contributed by atoms with Gasteiger partial charge in [0.15, 0.2) is 16.6 Å². The number of hydrazone groups is 1. The molecule has 0 radical (unpaired) electrons. The van der Waals surface area contributed by atoms with E-state index in [4.69, 9.17) is 15.2 Å². The van der Waals surface area contributed by atoms with Gasteiger partial charge in [0.05, 0.1) is 25.1 Å². The average molecular weight is 376 g/mol. The molecule has 26 heavy (non-hydrogen) atoms. The third-order valence-electron chi connectivity index (χ3n) is 3.42. The molecule has 140 valence electrons. The van der Waals surface area contributed by atoms with Gasteiger partial charge in [-0.25, -0.2) is 10.4 Å². The van der Waals surface area contributed by atoms with Gasteiger partial charge in [0.2, 0.25) is 0 Å². The maximum absolute atomic E-state index is 12.1. The number of carbonyl (C=O) groups excluding carboxylic acids is 1. The van der Waals surface area contributed by atoms with Crippen molar-refractivity contribution in [1.82, 2.24) is 10.4 Å². The first-order valence-electron chi connectivity index (χ1n) is 8.51. The Labute approximate surface area is 157 Å². The molecule has 0 aliphatic rings. The lowest BCUT2D eigenvalue weighted by molar-refractivity contribution is 0.0958. The summed E-state index contributed by atoms with van der Waals surface area (Å²) in [6.45, 7) is 6.95. The summed E-state index contributed by atoms with van der Waals surface area (Å²) in [6, 6.07) is 5.53. The van der Waals surface area contributed by atoms with Crippen LogP contribution < -0.4 is 20.6 Å². The van der Waals surface area contributed by atoms with Crippen molar-refractivity contribution in [1.29, 1.82) is 0 Å². The van der Waals surface area contributed by atoms with Crippen LogP contribution in [0, 0.1) is 6.92 Å². The summed E-state index contributed by atoms with van der Waals surface area (Å²) in [4.78, 5) is 16.6. The summed E-state index contributed by atoms with van der Waals surface area (Å²) >= 11 is 1.13. The van der Waals surface area contributed by atoms with Crippen molar-refractivity contribution in [3.8, 4) is 11.5 Å². The molecule has 0 aliphatic carbocycles. The van der Waals surface area contributed by atoms with Gasteiger partial charge in [-0.05, 0) is 44.0 Å². The van der Waals surface area contributed by atoms with E-state index in [1.165, 1.54) is 0 Å². The van der Waals surface area contributed by atoms with E-state index >= 15 is 0 Å². The Morgan fingerprint density at radius 3 is 2.81 bits per heavy atom. The summed E-state index contributed by atoms with van der Waals surface area (Å²) in [5, 5.41) is 4.35. The predicted octanol–water partition coefficient (Wildman–Crippen LogP) is 3.38. The second-order valence-electron chi connectivity index (χ2n) is 5.51. The molecule has 0 bridgehead atoms. The molecule has 1 aromatic heterocycles. The smallest absolute Gasteiger partial charge is 0.283 e. The zero-order valence-corrected chi connectivity index (χ0v) is 16.1. The fourth-order valence-electron chi connectivity index (χ4n) is 2.16.